The van der Waals surface area contributed by atoms with E-state index in [1.165, 1.54) is 18.7 Å². The minimum Gasteiger partial charge on any atom is -0.355 e. The second kappa shape index (κ2) is 8.69. The van der Waals surface area contributed by atoms with Gasteiger partial charge in [0, 0.05) is 24.1 Å². The van der Waals surface area contributed by atoms with Crippen molar-refractivity contribution in [2.24, 2.45) is 11.7 Å². The molecule has 6 heteroatoms. The van der Waals surface area contributed by atoms with Gasteiger partial charge in [0.1, 0.15) is 0 Å². The summed E-state index contributed by atoms with van der Waals surface area (Å²) in [7, 11) is 0. The van der Waals surface area contributed by atoms with Crippen LogP contribution in [0, 0.1) is 5.92 Å². The maximum atomic E-state index is 12.0. The van der Waals surface area contributed by atoms with Crippen LogP contribution in [0.25, 0.3) is 0 Å². The molecular weight excluding hydrogens is 286 g/mol. The summed E-state index contributed by atoms with van der Waals surface area (Å²) in [6.07, 6.45) is 0. The van der Waals surface area contributed by atoms with Crippen molar-refractivity contribution in [3.63, 3.8) is 0 Å². The lowest BCUT2D eigenvalue weighted by Crippen LogP contribution is -2.35. The van der Waals surface area contributed by atoms with Crippen molar-refractivity contribution in [1.82, 2.24) is 5.32 Å². The van der Waals surface area contributed by atoms with Crippen LogP contribution >= 0.6 is 11.8 Å². The van der Waals surface area contributed by atoms with Gasteiger partial charge < -0.3 is 16.4 Å². The van der Waals surface area contributed by atoms with Gasteiger partial charge >= 0.3 is 0 Å². The number of hydrogen-bond acceptors (Lipinski definition) is 4. The average molecular weight is 309 g/mol. The minimum atomic E-state index is -0.179. The predicted octanol–water partition coefficient (Wildman–Crippen LogP) is 1.84. The van der Waals surface area contributed by atoms with Gasteiger partial charge in [-0.1, -0.05) is 6.92 Å². The molecule has 0 spiro atoms. The summed E-state index contributed by atoms with van der Waals surface area (Å²) in [6, 6.07) is 7.43. The van der Waals surface area contributed by atoms with E-state index < -0.39 is 0 Å². The summed E-state index contributed by atoms with van der Waals surface area (Å²) >= 11 is 1.48. The van der Waals surface area contributed by atoms with Gasteiger partial charge in [0.15, 0.2) is 0 Å². The molecule has 21 heavy (non-hydrogen) atoms. The first-order chi connectivity index (χ1) is 9.92. The van der Waals surface area contributed by atoms with Crippen LogP contribution in [-0.4, -0.2) is 30.2 Å². The molecule has 0 radical (unpaired) electrons. The number of nitrogens with two attached hydrogens (primary N) is 1. The van der Waals surface area contributed by atoms with Gasteiger partial charge in [-0.15, -0.1) is 11.8 Å². The Bertz CT molecular complexity index is 476. The SMILES string of the molecule is CC(=O)Nc1ccc(SC(C)C(=O)NCC(C)CN)cc1. The number of thioether (sulfide) groups is 1. The van der Waals surface area contributed by atoms with Crippen LogP contribution in [0.5, 0.6) is 0 Å². The summed E-state index contributed by atoms with van der Waals surface area (Å²) in [6.45, 7) is 6.50. The summed E-state index contributed by atoms with van der Waals surface area (Å²) in [5.41, 5.74) is 6.27. The fourth-order valence-corrected chi connectivity index (χ4v) is 2.47. The van der Waals surface area contributed by atoms with Gasteiger partial charge in [-0.25, -0.2) is 0 Å². The lowest BCUT2D eigenvalue weighted by molar-refractivity contribution is -0.120. The van der Waals surface area contributed by atoms with Gasteiger partial charge in [-0.3, -0.25) is 9.59 Å². The Labute approximate surface area is 130 Å². The third-order valence-electron chi connectivity index (χ3n) is 2.88. The second-order valence-electron chi connectivity index (χ2n) is 5.05. The van der Waals surface area contributed by atoms with Crippen LogP contribution in [0.1, 0.15) is 20.8 Å². The Hall–Kier alpha value is -1.53. The van der Waals surface area contributed by atoms with Crippen molar-refractivity contribution in [3.8, 4) is 0 Å². The molecule has 0 heterocycles. The third kappa shape index (κ3) is 6.64. The van der Waals surface area contributed by atoms with Crippen molar-refractivity contribution >= 4 is 29.3 Å². The molecule has 2 amide bonds. The van der Waals surface area contributed by atoms with Gasteiger partial charge in [-0.05, 0) is 43.7 Å². The Morgan fingerprint density at radius 1 is 1.24 bits per heavy atom. The molecule has 0 aromatic heterocycles. The molecular formula is C15H23N3O2S. The first-order valence-electron chi connectivity index (χ1n) is 6.94. The van der Waals surface area contributed by atoms with Gasteiger partial charge in [0.25, 0.3) is 0 Å². The van der Waals surface area contributed by atoms with E-state index in [1.807, 2.05) is 38.1 Å². The van der Waals surface area contributed by atoms with E-state index in [2.05, 4.69) is 10.6 Å². The summed E-state index contributed by atoms with van der Waals surface area (Å²) < 4.78 is 0. The van der Waals surface area contributed by atoms with Crippen molar-refractivity contribution in [2.45, 2.75) is 30.9 Å². The molecule has 1 aromatic carbocycles. The highest BCUT2D eigenvalue weighted by atomic mass is 32.2. The molecule has 116 valence electrons. The van der Waals surface area contributed by atoms with Crippen LogP contribution in [0.4, 0.5) is 5.69 Å². The number of amides is 2. The first kappa shape index (κ1) is 17.5. The van der Waals surface area contributed by atoms with E-state index in [9.17, 15) is 9.59 Å². The number of carbonyl (C=O) groups is 2. The molecule has 0 aliphatic rings. The zero-order valence-electron chi connectivity index (χ0n) is 12.7. The molecule has 0 saturated carbocycles. The third-order valence-corrected chi connectivity index (χ3v) is 4.00. The van der Waals surface area contributed by atoms with Crippen LogP contribution in [0.3, 0.4) is 0 Å². The topological polar surface area (TPSA) is 84.2 Å². The Balaban J connectivity index is 2.48. The lowest BCUT2D eigenvalue weighted by atomic mass is 10.2. The molecule has 0 aliphatic carbocycles. The van der Waals surface area contributed by atoms with Crippen LogP contribution in [-0.2, 0) is 9.59 Å². The molecule has 2 unspecified atom stereocenters. The molecule has 1 rings (SSSR count). The second-order valence-corrected chi connectivity index (χ2v) is 6.47. The molecule has 0 bridgehead atoms. The summed E-state index contributed by atoms with van der Waals surface area (Å²) in [5.74, 6) is 0.187. The fourth-order valence-electron chi connectivity index (χ4n) is 1.58. The molecule has 0 saturated heterocycles. The van der Waals surface area contributed by atoms with E-state index in [-0.39, 0.29) is 23.0 Å². The first-order valence-corrected chi connectivity index (χ1v) is 7.82. The van der Waals surface area contributed by atoms with Gasteiger partial charge in [0.2, 0.25) is 11.8 Å². The van der Waals surface area contributed by atoms with Crippen molar-refractivity contribution < 1.29 is 9.59 Å². The summed E-state index contributed by atoms with van der Waals surface area (Å²) in [5, 5.41) is 5.42. The number of hydrogen-bond donors (Lipinski definition) is 3. The summed E-state index contributed by atoms with van der Waals surface area (Å²) in [4.78, 5) is 23.9. The van der Waals surface area contributed by atoms with Crippen molar-refractivity contribution in [2.75, 3.05) is 18.4 Å². The minimum absolute atomic E-state index is 0.00578. The highest BCUT2D eigenvalue weighted by Crippen LogP contribution is 2.24. The van der Waals surface area contributed by atoms with E-state index in [4.69, 9.17) is 5.73 Å². The Morgan fingerprint density at radius 3 is 2.38 bits per heavy atom. The number of nitrogens with one attached hydrogen (secondary N) is 2. The maximum Gasteiger partial charge on any atom is 0.233 e. The average Bonchev–Trinajstić information content (AvgIpc) is 2.45. The molecule has 2 atom stereocenters. The number of anilines is 1. The highest BCUT2D eigenvalue weighted by molar-refractivity contribution is 8.00. The maximum absolute atomic E-state index is 12.0. The van der Waals surface area contributed by atoms with Crippen LogP contribution in [0.15, 0.2) is 29.2 Å². The molecule has 5 nitrogen and oxygen atoms in total. The van der Waals surface area contributed by atoms with E-state index in [0.29, 0.717) is 13.1 Å². The van der Waals surface area contributed by atoms with Crippen LogP contribution < -0.4 is 16.4 Å². The van der Waals surface area contributed by atoms with Gasteiger partial charge in [0.05, 0.1) is 5.25 Å². The highest BCUT2D eigenvalue weighted by Gasteiger charge is 2.14. The molecule has 4 N–H and O–H groups in total. The zero-order valence-corrected chi connectivity index (χ0v) is 13.5. The smallest absolute Gasteiger partial charge is 0.233 e. The molecule has 1 aromatic rings. The van der Waals surface area contributed by atoms with E-state index in [1.54, 1.807) is 0 Å². The van der Waals surface area contributed by atoms with Crippen molar-refractivity contribution in [3.05, 3.63) is 24.3 Å². The number of benzene rings is 1. The van der Waals surface area contributed by atoms with Gasteiger partial charge in [-0.2, -0.15) is 0 Å². The van der Waals surface area contributed by atoms with E-state index in [0.717, 1.165) is 10.6 Å². The number of carbonyl (C=O) groups excluding carboxylic acids is 2. The molecule has 0 aliphatic heterocycles. The Kier molecular flexibility index (Phi) is 7.25. The van der Waals surface area contributed by atoms with Crippen LogP contribution in [0.2, 0.25) is 0 Å². The predicted molar refractivity (Wildman–Crippen MR) is 87.3 cm³/mol. The fraction of sp³-hybridized carbons (Fsp3) is 0.467. The van der Waals surface area contributed by atoms with Crippen molar-refractivity contribution in [1.29, 1.82) is 0 Å². The quantitative estimate of drug-likeness (QED) is 0.671. The number of rotatable bonds is 7. The normalized spacial score (nSPS) is 13.3. The monoisotopic (exact) mass is 309 g/mol. The zero-order chi connectivity index (χ0) is 15.8. The lowest BCUT2D eigenvalue weighted by Gasteiger charge is -2.14. The Morgan fingerprint density at radius 2 is 1.86 bits per heavy atom. The standard InChI is InChI=1S/C15H23N3O2S/c1-10(8-16)9-17-15(20)11(2)21-14-6-4-13(5-7-14)18-12(3)19/h4-7,10-11H,8-9,16H2,1-3H3,(H,17,20)(H,18,19). The van der Waals surface area contributed by atoms with E-state index >= 15 is 0 Å². The largest absolute Gasteiger partial charge is 0.355 e. The molecule has 0 fully saturated rings.